The van der Waals surface area contributed by atoms with E-state index in [0.717, 1.165) is 37.2 Å². The zero-order valence-electron chi connectivity index (χ0n) is 16.3. The molecule has 0 atom stereocenters. The van der Waals surface area contributed by atoms with Gasteiger partial charge in [0.2, 0.25) is 0 Å². The monoisotopic (exact) mass is 381 g/mol. The Hall–Kier alpha value is -2.54. The van der Waals surface area contributed by atoms with Crippen LogP contribution in [0.3, 0.4) is 0 Å². The predicted molar refractivity (Wildman–Crippen MR) is 105 cm³/mol. The minimum atomic E-state index is -0.0664. The van der Waals surface area contributed by atoms with Crippen LogP contribution in [0.15, 0.2) is 30.3 Å². The second kappa shape index (κ2) is 8.22. The molecule has 0 radical (unpaired) electrons. The van der Waals surface area contributed by atoms with Gasteiger partial charge in [-0.3, -0.25) is 9.59 Å². The number of amides is 1. The Morgan fingerprint density at radius 3 is 2.39 bits per heavy atom. The lowest BCUT2D eigenvalue weighted by molar-refractivity contribution is 0.0644. The molecule has 1 aromatic carbocycles. The van der Waals surface area contributed by atoms with Gasteiger partial charge in [0.05, 0.1) is 11.7 Å². The van der Waals surface area contributed by atoms with Crippen molar-refractivity contribution in [1.29, 1.82) is 0 Å². The number of Topliss-reactive ketones (excluding diaryl/α,β-unsaturated/α-hetero) is 1. The number of piperidine rings is 2. The minimum Gasteiger partial charge on any atom is -0.337 e. The number of likely N-dealkylation sites (tertiary alicyclic amines) is 1. The molecule has 4 rings (SSSR count). The Morgan fingerprint density at radius 2 is 1.71 bits per heavy atom. The number of aromatic nitrogens is 3. The average molecular weight is 381 g/mol. The third-order valence-electron chi connectivity index (χ3n) is 6.00. The van der Waals surface area contributed by atoms with E-state index in [1.807, 2.05) is 46.8 Å². The molecule has 1 amide bonds. The Balaban J connectivity index is 1.39. The van der Waals surface area contributed by atoms with Gasteiger partial charge in [0.25, 0.3) is 5.91 Å². The molecule has 0 saturated carbocycles. The fourth-order valence-corrected chi connectivity index (χ4v) is 4.27. The number of benzene rings is 1. The fourth-order valence-electron chi connectivity index (χ4n) is 4.27. The van der Waals surface area contributed by atoms with Gasteiger partial charge in [-0.25, -0.2) is 4.68 Å². The SMILES string of the molecule is Cc1c(C(=O)N2CCC(C(=O)c3ccccc3)CC2)nnn1C1CCNCC1. The Bertz CT molecular complexity index is 834. The summed E-state index contributed by atoms with van der Waals surface area (Å²) in [6, 6.07) is 9.73. The summed E-state index contributed by atoms with van der Waals surface area (Å²) in [5.74, 6) is 0.0991. The van der Waals surface area contributed by atoms with Gasteiger partial charge in [-0.2, -0.15) is 0 Å². The normalized spacial score (nSPS) is 19.0. The van der Waals surface area contributed by atoms with Crippen LogP contribution in [0, 0.1) is 12.8 Å². The van der Waals surface area contributed by atoms with Crippen LogP contribution in [0.1, 0.15) is 58.3 Å². The molecular weight excluding hydrogens is 354 g/mol. The number of ketones is 1. The summed E-state index contributed by atoms with van der Waals surface area (Å²) in [4.78, 5) is 27.4. The maximum absolute atomic E-state index is 13.0. The molecule has 2 aromatic rings. The van der Waals surface area contributed by atoms with Crippen molar-refractivity contribution in [3.63, 3.8) is 0 Å². The summed E-state index contributed by atoms with van der Waals surface area (Å²) in [7, 11) is 0. The van der Waals surface area contributed by atoms with Gasteiger partial charge in [0, 0.05) is 24.6 Å². The largest absolute Gasteiger partial charge is 0.337 e. The highest BCUT2D eigenvalue weighted by molar-refractivity contribution is 5.98. The first kappa shape index (κ1) is 18.8. The van der Waals surface area contributed by atoms with E-state index >= 15 is 0 Å². The van der Waals surface area contributed by atoms with Crippen LogP contribution in [0.25, 0.3) is 0 Å². The molecular formula is C21H27N5O2. The molecule has 1 N–H and O–H groups in total. The number of carbonyl (C=O) groups is 2. The van der Waals surface area contributed by atoms with Crippen molar-refractivity contribution in [2.24, 2.45) is 5.92 Å². The lowest BCUT2D eigenvalue weighted by Gasteiger charge is -2.31. The number of nitrogens with one attached hydrogen (secondary N) is 1. The molecule has 7 nitrogen and oxygen atoms in total. The van der Waals surface area contributed by atoms with Crippen LogP contribution < -0.4 is 5.32 Å². The Labute approximate surface area is 165 Å². The van der Waals surface area contributed by atoms with Crippen molar-refractivity contribution in [2.75, 3.05) is 26.2 Å². The molecule has 2 fully saturated rings. The van der Waals surface area contributed by atoms with Crippen LogP contribution in [-0.4, -0.2) is 57.8 Å². The van der Waals surface area contributed by atoms with Crippen LogP contribution in [0.5, 0.6) is 0 Å². The summed E-state index contributed by atoms with van der Waals surface area (Å²) < 4.78 is 1.92. The molecule has 1 aromatic heterocycles. The maximum Gasteiger partial charge on any atom is 0.276 e. The molecule has 0 bridgehead atoms. The van der Waals surface area contributed by atoms with Crippen LogP contribution in [0.4, 0.5) is 0 Å². The summed E-state index contributed by atoms with van der Waals surface area (Å²) in [6.07, 6.45) is 3.40. The van der Waals surface area contributed by atoms with Crippen molar-refractivity contribution in [3.05, 3.63) is 47.3 Å². The molecule has 2 aliphatic rings. The van der Waals surface area contributed by atoms with Crippen molar-refractivity contribution >= 4 is 11.7 Å². The average Bonchev–Trinajstić information content (AvgIpc) is 3.15. The summed E-state index contributed by atoms with van der Waals surface area (Å²) >= 11 is 0. The first-order valence-corrected chi connectivity index (χ1v) is 10.2. The molecule has 2 aliphatic heterocycles. The lowest BCUT2D eigenvalue weighted by Crippen LogP contribution is -2.40. The van der Waals surface area contributed by atoms with Gasteiger partial charge in [-0.15, -0.1) is 5.10 Å². The highest BCUT2D eigenvalue weighted by atomic mass is 16.2. The molecule has 28 heavy (non-hydrogen) atoms. The van der Waals surface area contributed by atoms with Crippen molar-refractivity contribution in [1.82, 2.24) is 25.2 Å². The number of nitrogens with zero attached hydrogens (tertiary/aromatic N) is 4. The number of rotatable bonds is 4. The van der Waals surface area contributed by atoms with E-state index in [1.165, 1.54) is 0 Å². The molecule has 148 valence electrons. The van der Waals surface area contributed by atoms with Crippen molar-refractivity contribution in [3.8, 4) is 0 Å². The molecule has 0 spiro atoms. The quantitative estimate of drug-likeness (QED) is 0.822. The zero-order chi connectivity index (χ0) is 19.5. The highest BCUT2D eigenvalue weighted by Gasteiger charge is 2.31. The number of hydrogen-bond acceptors (Lipinski definition) is 5. The van der Waals surface area contributed by atoms with Gasteiger partial charge in [0.15, 0.2) is 11.5 Å². The molecule has 0 unspecified atom stereocenters. The zero-order valence-corrected chi connectivity index (χ0v) is 16.3. The highest BCUT2D eigenvalue weighted by Crippen LogP contribution is 2.25. The van der Waals surface area contributed by atoms with Crippen LogP contribution >= 0.6 is 0 Å². The number of hydrogen-bond donors (Lipinski definition) is 1. The van der Waals surface area contributed by atoms with Gasteiger partial charge in [0.1, 0.15) is 0 Å². The number of carbonyl (C=O) groups excluding carboxylic acids is 2. The maximum atomic E-state index is 13.0. The second-order valence-electron chi connectivity index (χ2n) is 7.75. The Morgan fingerprint density at radius 1 is 1.04 bits per heavy atom. The summed E-state index contributed by atoms with van der Waals surface area (Å²) in [6.45, 7) is 5.04. The van der Waals surface area contributed by atoms with Gasteiger partial charge >= 0.3 is 0 Å². The standard InChI is InChI=1S/C21H27N5O2/c1-15-19(23-24-26(15)18-7-11-22-12-8-18)21(28)25-13-9-17(10-14-25)20(27)16-5-3-2-4-6-16/h2-6,17-18,22H,7-14H2,1H3. The fraction of sp³-hybridized carbons (Fsp3) is 0.524. The second-order valence-corrected chi connectivity index (χ2v) is 7.75. The smallest absolute Gasteiger partial charge is 0.276 e. The minimum absolute atomic E-state index is 0.0158. The lowest BCUT2D eigenvalue weighted by atomic mass is 9.89. The first-order valence-electron chi connectivity index (χ1n) is 10.2. The van der Waals surface area contributed by atoms with E-state index < -0.39 is 0 Å². The predicted octanol–water partition coefficient (Wildman–Crippen LogP) is 2.25. The first-order chi connectivity index (χ1) is 13.6. The van der Waals surface area contributed by atoms with E-state index in [9.17, 15) is 9.59 Å². The Kier molecular flexibility index (Phi) is 5.52. The van der Waals surface area contributed by atoms with E-state index in [-0.39, 0.29) is 17.6 Å². The topological polar surface area (TPSA) is 80.1 Å². The molecule has 0 aliphatic carbocycles. The third kappa shape index (κ3) is 3.71. The van der Waals surface area contributed by atoms with E-state index in [4.69, 9.17) is 0 Å². The van der Waals surface area contributed by atoms with E-state index in [0.29, 0.717) is 37.7 Å². The van der Waals surface area contributed by atoms with Crippen LogP contribution in [-0.2, 0) is 0 Å². The molecule has 3 heterocycles. The summed E-state index contributed by atoms with van der Waals surface area (Å²) in [5.41, 5.74) is 2.05. The molecule has 2 saturated heterocycles. The third-order valence-corrected chi connectivity index (χ3v) is 6.00. The van der Waals surface area contributed by atoms with Crippen molar-refractivity contribution in [2.45, 2.75) is 38.6 Å². The van der Waals surface area contributed by atoms with Gasteiger partial charge in [-0.1, -0.05) is 35.5 Å². The van der Waals surface area contributed by atoms with Crippen molar-refractivity contribution < 1.29 is 9.59 Å². The summed E-state index contributed by atoms with van der Waals surface area (Å²) in [5, 5.41) is 11.8. The van der Waals surface area contributed by atoms with Gasteiger partial charge in [-0.05, 0) is 45.7 Å². The van der Waals surface area contributed by atoms with Crippen LogP contribution in [0.2, 0.25) is 0 Å². The molecule has 7 heteroatoms. The van der Waals surface area contributed by atoms with Gasteiger partial charge < -0.3 is 10.2 Å². The van der Waals surface area contributed by atoms with E-state index in [1.54, 1.807) is 0 Å². The van der Waals surface area contributed by atoms with E-state index in [2.05, 4.69) is 15.6 Å².